The highest BCUT2D eigenvalue weighted by Gasteiger charge is 2.01. The fraction of sp³-hybridized carbons (Fsp3) is 0.308. The van der Waals surface area contributed by atoms with Crippen molar-refractivity contribution >= 4 is 5.97 Å². The van der Waals surface area contributed by atoms with Gasteiger partial charge in [-0.25, -0.2) is 4.39 Å². The number of ether oxygens (including phenoxy) is 2. The minimum absolute atomic E-state index is 0.0524. The summed E-state index contributed by atoms with van der Waals surface area (Å²) in [4.78, 5) is 10.8. The molecule has 1 aromatic rings. The Morgan fingerprint density at radius 2 is 2.24 bits per heavy atom. The average Bonchev–Trinajstić information content (AvgIpc) is 2.32. The average molecular weight is 236 g/mol. The maximum Gasteiger partial charge on any atom is 0.317 e. The van der Waals surface area contributed by atoms with E-state index in [0.717, 1.165) is 0 Å². The number of benzene rings is 1. The smallest absolute Gasteiger partial charge is 0.317 e. The van der Waals surface area contributed by atoms with Crippen LogP contribution >= 0.6 is 0 Å². The highest BCUT2D eigenvalue weighted by Crippen LogP contribution is 2.15. The molecule has 0 saturated carbocycles. The molecule has 0 radical (unpaired) electrons. The zero-order valence-electron chi connectivity index (χ0n) is 9.75. The molecule has 1 rings (SSSR count). The van der Waals surface area contributed by atoms with Crippen LogP contribution in [0.2, 0.25) is 0 Å². The molecule has 0 aliphatic heterocycles. The Bertz CT molecular complexity index is 457. The van der Waals surface area contributed by atoms with Gasteiger partial charge in [0.25, 0.3) is 0 Å². The molecule has 0 spiro atoms. The molecule has 0 unspecified atom stereocenters. The van der Waals surface area contributed by atoms with E-state index in [0.29, 0.717) is 12.4 Å². The van der Waals surface area contributed by atoms with Gasteiger partial charge in [-0.05, 0) is 19.1 Å². The first kappa shape index (κ1) is 13.0. The van der Waals surface area contributed by atoms with Crippen molar-refractivity contribution in [3.8, 4) is 17.6 Å². The molecule has 90 valence electrons. The van der Waals surface area contributed by atoms with Gasteiger partial charge in [0.05, 0.1) is 19.3 Å². The monoisotopic (exact) mass is 236 g/mol. The summed E-state index contributed by atoms with van der Waals surface area (Å²) < 4.78 is 23.0. The van der Waals surface area contributed by atoms with Gasteiger partial charge in [0.2, 0.25) is 0 Å². The molecule has 0 aliphatic carbocycles. The summed E-state index contributed by atoms with van der Waals surface area (Å²) in [5.74, 6) is 4.66. The van der Waals surface area contributed by atoms with Crippen LogP contribution in [0.1, 0.15) is 18.9 Å². The predicted octanol–water partition coefficient (Wildman–Crippen LogP) is 2.14. The van der Waals surface area contributed by atoms with Crippen LogP contribution in [0, 0.1) is 17.7 Å². The Labute approximate surface area is 99.5 Å². The minimum atomic E-state index is -0.465. The molecule has 4 heteroatoms. The third-order valence-corrected chi connectivity index (χ3v) is 1.94. The third-order valence-electron chi connectivity index (χ3n) is 1.94. The van der Waals surface area contributed by atoms with Crippen molar-refractivity contribution in [2.75, 3.05) is 13.7 Å². The van der Waals surface area contributed by atoms with Gasteiger partial charge < -0.3 is 9.47 Å². The number of hydrogen-bond donors (Lipinski definition) is 0. The van der Waals surface area contributed by atoms with Gasteiger partial charge in [-0.1, -0.05) is 11.8 Å². The first-order valence-electron chi connectivity index (χ1n) is 5.15. The molecule has 0 heterocycles. The minimum Gasteiger partial charge on any atom is -0.494 e. The van der Waals surface area contributed by atoms with Crippen LogP contribution in [0.4, 0.5) is 4.39 Å². The molecule has 0 aliphatic rings. The van der Waals surface area contributed by atoms with Crippen LogP contribution in [-0.2, 0) is 9.53 Å². The van der Waals surface area contributed by atoms with Crippen molar-refractivity contribution in [3.05, 3.63) is 29.6 Å². The van der Waals surface area contributed by atoms with Crippen LogP contribution < -0.4 is 4.74 Å². The topological polar surface area (TPSA) is 35.5 Å². The number of halogens is 1. The van der Waals surface area contributed by atoms with E-state index in [-0.39, 0.29) is 12.0 Å². The Morgan fingerprint density at radius 3 is 2.82 bits per heavy atom. The first-order chi connectivity index (χ1) is 8.17. The van der Waals surface area contributed by atoms with Crippen LogP contribution in [0.25, 0.3) is 0 Å². The number of hydrogen-bond acceptors (Lipinski definition) is 3. The predicted molar refractivity (Wildman–Crippen MR) is 61.1 cm³/mol. The Hall–Kier alpha value is -2.02. The summed E-state index contributed by atoms with van der Waals surface area (Å²) in [7, 11) is 1.28. The number of carbonyl (C=O) groups excluding carboxylic acids is 1. The molecule has 0 saturated heterocycles. The van der Waals surface area contributed by atoms with E-state index in [1.165, 1.54) is 19.2 Å². The van der Waals surface area contributed by atoms with Crippen molar-refractivity contribution < 1.29 is 18.7 Å². The molecule has 0 fully saturated rings. The number of carbonyl (C=O) groups is 1. The van der Waals surface area contributed by atoms with Crippen LogP contribution in [0.15, 0.2) is 18.2 Å². The van der Waals surface area contributed by atoms with E-state index in [2.05, 4.69) is 16.6 Å². The van der Waals surface area contributed by atoms with Crippen molar-refractivity contribution in [1.29, 1.82) is 0 Å². The molecule has 0 atom stereocenters. The zero-order valence-corrected chi connectivity index (χ0v) is 9.75. The van der Waals surface area contributed by atoms with Crippen LogP contribution in [-0.4, -0.2) is 19.7 Å². The van der Waals surface area contributed by atoms with E-state index in [1.807, 2.05) is 6.92 Å². The normalized spacial score (nSPS) is 9.12. The highest BCUT2D eigenvalue weighted by molar-refractivity contribution is 5.72. The van der Waals surface area contributed by atoms with E-state index in [4.69, 9.17) is 4.74 Å². The fourth-order valence-corrected chi connectivity index (χ4v) is 1.14. The summed E-state index contributed by atoms with van der Waals surface area (Å²) in [5, 5.41) is 0. The quantitative estimate of drug-likeness (QED) is 0.595. The Morgan fingerprint density at radius 1 is 1.47 bits per heavy atom. The van der Waals surface area contributed by atoms with E-state index >= 15 is 0 Å². The lowest BCUT2D eigenvalue weighted by Crippen LogP contribution is -1.97. The molecule has 0 N–H and O–H groups in total. The Balaban J connectivity index is 2.75. The van der Waals surface area contributed by atoms with Crippen molar-refractivity contribution in [2.45, 2.75) is 13.3 Å². The molecule has 1 aromatic carbocycles. The molecule has 3 nitrogen and oxygen atoms in total. The zero-order chi connectivity index (χ0) is 12.7. The summed E-state index contributed by atoms with van der Waals surface area (Å²) >= 11 is 0. The molecule has 0 aromatic heterocycles. The summed E-state index contributed by atoms with van der Waals surface area (Å²) in [6, 6.07) is 4.42. The summed E-state index contributed by atoms with van der Waals surface area (Å²) in [5.41, 5.74) is 0.234. The standard InChI is InChI=1S/C13H13FO3/c1-3-17-11-8-7-10(12(14)9-11)5-4-6-13(15)16-2/h7-9H,3,6H2,1-2H3. The van der Waals surface area contributed by atoms with Gasteiger partial charge in [-0.15, -0.1) is 0 Å². The lowest BCUT2D eigenvalue weighted by molar-refractivity contribution is -0.139. The van der Waals surface area contributed by atoms with Crippen LogP contribution in [0.3, 0.4) is 0 Å². The summed E-state index contributed by atoms with van der Waals surface area (Å²) in [6.45, 7) is 2.30. The first-order valence-corrected chi connectivity index (χ1v) is 5.15. The van der Waals surface area contributed by atoms with Gasteiger partial charge >= 0.3 is 5.97 Å². The highest BCUT2D eigenvalue weighted by atomic mass is 19.1. The molecular weight excluding hydrogens is 223 g/mol. The van der Waals surface area contributed by atoms with Gasteiger partial charge in [0, 0.05) is 6.07 Å². The number of methoxy groups -OCH3 is 1. The molecule has 0 bridgehead atoms. The fourth-order valence-electron chi connectivity index (χ4n) is 1.14. The second-order valence-electron chi connectivity index (χ2n) is 3.13. The maximum absolute atomic E-state index is 13.5. The van der Waals surface area contributed by atoms with Crippen molar-refractivity contribution in [1.82, 2.24) is 0 Å². The van der Waals surface area contributed by atoms with Gasteiger partial charge in [-0.3, -0.25) is 4.79 Å². The number of esters is 1. The summed E-state index contributed by atoms with van der Waals surface area (Å²) in [6.07, 6.45) is -0.0524. The van der Waals surface area contributed by atoms with E-state index in [1.54, 1.807) is 6.07 Å². The molecular formula is C13H13FO3. The van der Waals surface area contributed by atoms with Crippen molar-refractivity contribution in [2.24, 2.45) is 0 Å². The van der Waals surface area contributed by atoms with Crippen molar-refractivity contribution in [3.63, 3.8) is 0 Å². The van der Waals surface area contributed by atoms with Crippen LogP contribution in [0.5, 0.6) is 5.75 Å². The van der Waals surface area contributed by atoms with Gasteiger partial charge in [0.15, 0.2) is 0 Å². The van der Waals surface area contributed by atoms with E-state index in [9.17, 15) is 9.18 Å². The second-order valence-corrected chi connectivity index (χ2v) is 3.13. The molecule has 17 heavy (non-hydrogen) atoms. The SMILES string of the molecule is CCOc1ccc(C#CCC(=O)OC)c(F)c1. The van der Waals surface area contributed by atoms with Gasteiger partial charge in [0.1, 0.15) is 18.0 Å². The third kappa shape index (κ3) is 4.15. The maximum atomic E-state index is 13.5. The second kappa shape index (κ2) is 6.54. The molecule has 0 amide bonds. The number of rotatable bonds is 3. The Kier molecular flexibility index (Phi) is 5.02. The largest absolute Gasteiger partial charge is 0.494 e. The van der Waals surface area contributed by atoms with Gasteiger partial charge in [-0.2, -0.15) is 0 Å². The lowest BCUT2D eigenvalue weighted by atomic mass is 10.2. The lowest BCUT2D eigenvalue weighted by Gasteiger charge is -2.02. The van der Waals surface area contributed by atoms with E-state index < -0.39 is 11.8 Å².